The summed E-state index contributed by atoms with van der Waals surface area (Å²) in [6.45, 7) is 4.18. The van der Waals surface area contributed by atoms with E-state index in [0.717, 1.165) is 6.42 Å². The number of aliphatic imine (C=N–C) groups is 1. The van der Waals surface area contributed by atoms with Gasteiger partial charge in [0, 0.05) is 6.54 Å². The van der Waals surface area contributed by atoms with Crippen molar-refractivity contribution in [3.8, 4) is 0 Å². The molecule has 1 fully saturated rings. The first-order chi connectivity index (χ1) is 11.4. The van der Waals surface area contributed by atoms with Crippen molar-refractivity contribution in [2.24, 2.45) is 10.9 Å². The van der Waals surface area contributed by atoms with Crippen LogP contribution in [0.15, 0.2) is 40.2 Å². The van der Waals surface area contributed by atoms with Crippen molar-refractivity contribution < 1.29 is 18.0 Å². The van der Waals surface area contributed by atoms with Crippen LogP contribution in [-0.2, 0) is 19.7 Å². The molecule has 1 saturated heterocycles. The van der Waals surface area contributed by atoms with Gasteiger partial charge in [0.05, 0.1) is 10.9 Å². The van der Waals surface area contributed by atoms with Crippen LogP contribution in [0, 0.1) is 5.92 Å². The molecule has 24 heavy (non-hydrogen) atoms. The fraction of sp³-hybridized carbons (Fsp3) is 0.500. The molecule has 2 heterocycles. The second kappa shape index (κ2) is 6.52. The lowest BCUT2D eigenvalue weighted by molar-refractivity contribution is -0.152. The van der Waals surface area contributed by atoms with Crippen LogP contribution in [-0.4, -0.2) is 43.2 Å². The lowest BCUT2D eigenvalue weighted by Crippen LogP contribution is -2.51. The minimum atomic E-state index is -3.62. The molecule has 0 spiro atoms. The molecule has 0 unspecified atom stereocenters. The number of benzene rings is 1. The molecule has 0 radical (unpaired) electrons. The van der Waals surface area contributed by atoms with Crippen LogP contribution in [0.4, 0.5) is 0 Å². The van der Waals surface area contributed by atoms with Crippen molar-refractivity contribution in [3.63, 3.8) is 0 Å². The van der Waals surface area contributed by atoms with Gasteiger partial charge in [0.2, 0.25) is 10.0 Å². The number of hydrogen-bond donors (Lipinski definition) is 1. The van der Waals surface area contributed by atoms with Crippen LogP contribution < -0.4 is 5.48 Å². The van der Waals surface area contributed by atoms with E-state index in [1.165, 1.54) is 4.31 Å². The van der Waals surface area contributed by atoms with Gasteiger partial charge in [-0.25, -0.2) is 18.7 Å². The Morgan fingerprint density at radius 2 is 2.00 bits per heavy atom. The summed E-state index contributed by atoms with van der Waals surface area (Å²) in [5.74, 6) is -0.0512. The van der Waals surface area contributed by atoms with Crippen molar-refractivity contribution in [2.75, 3.05) is 6.54 Å². The maximum absolute atomic E-state index is 12.9. The van der Waals surface area contributed by atoms with E-state index in [2.05, 4.69) is 10.5 Å². The molecule has 1 N–H and O–H groups in total. The van der Waals surface area contributed by atoms with Gasteiger partial charge in [0.25, 0.3) is 0 Å². The summed E-state index contributed by atoms with van der Waals surface area (Å²) in [7, 11) is -3.62. The van der Waals surface area contributed by atoms with Gasteiger partial charge < -0.3 is 4.84 Å². The van der Waals surface area contributed by atoms with Gasteiger partial charge in [-0.3, -0.25) is 4.99 Å². The number of rotatable bonds is 4. The molecule has 0 aromatic heterocycles. The SMILES string of the molecule is CC(C)[C@H]1N=C([C@@H]2CCCN2S(=O)(=O)c2ccccc2)NOC1=O. The zero-order valence-electron chi connectivity index (χ0n) is 13.7. The van der Waals surface area contributed by atoms with E-state index in [4.69, 9.17) is 4.84 Å². The zero-order chi connectivity index (χ0) is 17.3. The number of carbonyl (C=O) groups is 1. The Morgan fingerprint density at radius 3 is 2.67 bits per heavy atom. The average molecular weight is 351 g/mol. The maximum Gasteiger partial charge on any atom is 0.356 e. The highest BCUT2D eigenvalue weighted by molar-refractivity contribution is 7.89. The first-order valence-corrected chi connectivity index (χ1v) is 9.46. The smallest absolute Gasteiger partial charge is 0.340 e. The minimum Gasteiger partial charge on any atom is -0.340 e. The molecule has 2 aliphatic rings. The van der Waals surface area contributed by atoms with Crippen molar-refractivity contribution in [3.05, 3.63) is 30.3 Å². The largest absolute Gasteiger partial charge is 0.356 e. The number of sulfonamides is 1. The Hall–Kier alpha value is -1.93. The Kier molecular flexibility index (Phi) is 4.60. The first-order valence-electron chi connectivity index (χ1n) is 8.02. The molecule has 0 aliphatic carbocycles. The third kappa shape index (κ3) is 3.03. The lowest BCUT2D eigenvalue weighted by atomic mass is 10.0. The van der Waals surface area contributed by atoms with Crippen LogP contribution in [0.2, 0.25) is 0 Å². The van der Waals surface area contributed by atoms with Crippen LogP contribution in [0.25, 0.3) is 0 Å². The molecule has 2 atom stereocenters. The van der Waals surface area contributed by atoms with Crippen LogP contribution in [0.5, 0.6) is 0 Å². The number of nitrogens with one attached hydrogen (secondary N) is 1. The van der Waals surface area contributed by atoms with E-state index >= 15 is 0 Å². The van der Waals surface area contributed by atoms with Gasteiger partial charge in [-0.05, 0) is 30.9 Å². The fourth-order valence-electron chi connectivity index (χ4n) is 3.00. The van der Waals surface area contributed by atoms with Gasteiger partial charge in [-0.1, -0.05) is 32.0 Å². The van der Waals surface area contributed by atoms with Crippen molar-refractivity contribution in [2.45, 2.75) is 43.7 Å². The summed E-state index contributed by atoms with van der Waals surface area (Å²) in [4.78, 5) is 21.5. The molecule has 8 heteroatoms. The van der Waals surface area contributed by atoms with Crippen LogP contribution >= 0.6 is 0 Å². The zero-order valence-corrected chi connectivity index (χ0v) is 14.5. The Balaban J connectivity index is 1.91. The minimum absolute atomic E-state index is 0.0183. The summed E-state index contributed by atoms with van der Waals surface area (Å²) >= 11 is 0. The lowest BCUT2D eigenvalue weighted by Gasteiger charge is -2.29. The van der Waals surface area contributed by atoms with Gasteiger partial charge in [-0.15, -0.1) is 0 Å². The molecule has 1 aromatic rings. The molecule has 0 bridgehead atoms. The summed E-state index contributed by atoms with van der Waals surface area (Å²) < 4.78 is 27.2. The predicted octanol–water partition coefficient (Wildman–Crippen LogP) is 1.32. The van der Waals surface area contributed by atoms with Gasteiger partial charge >= 0.3 is 5.97 Å². The predicted molar refractivity (Wildman–Crippen MR) is 88.6 cm³/mol. The van der Waals surface area contributed by atoms with E-state index in [0.29, 0.717) is 18.8 Å². The normalized spacial score (nSPS) is 25.3. The topological polar surface area (TPSA) is 88.1 Å². The van der Waals surface area contributed by atoms with Gasteiger partial charge in [-0.2, -0.15) is 4.31 Å². The number of hydrogen-bond acceptors (Lipinski definition) is 6. The second-order valence-corrected chi connectivity index (χ2v) is 8.20. The highest BCUT2D eigenvalue weighted by Gasteiger charge is 2.41. The first kappa shape index (κ1) is 16.9. The van der Waals surface area contributed by atoms with Crippen LogP contribution in [0.3, 0.4) is 0 Å². The molecule has 130 valence electrons. The van der Waals surface area contributed by atoms with E-state index < -0.39 is 28.1 Å². The molecule has 7 nitrogen and oxygen atoms in total. The summed E-state index contributed by atoms with van der Waals surface area (Å²) in [5.41, 5.74) is 2.54. The standard InChI is InChI=1S/C16H21N3O4S/c1-11(2)14-16(20)23-18-15(17-14)13-9-6-10-19(13)24(21,22)12-7-4-3-5-8-12/h3-5,7-8,11,13-14H,6,9-10H2,1-2H3,(H,17,18)/t13-,14+/m0/s1. The monoisotopic (exact) mass is 351 g/mol. The van der Waals surface area contributed by atoms with Gasteiger partial charge in [0.1, 0.15) is 0 Å². The molecule has 0 amide bonds. The molecule has 1 aromatic carbocycles. The van der Waals surface area contributed by atoms with E-state index in [-0.39, 0.29) is 10.8 Å². The number of carbonyl (C=O) groups excluding carboxylic acids is 1. The summed E-state index contributed by atoms with van der Waals surface area (Å²) in [5, 5.41) is 0. The highest BCUT2D eigenvalue weighted by atomic mass is 32.2. The quantitative estimate of drug-likeness (QED) is 0.884. The Bertz CT molecular complexity index is 746. The van der Waals surface area contributed by atoms with Crippen molar-refractivity contribution in [1.82, 2.24) is 9.79 Å². The van der Waals surface area contributed by atoms with Gasteiger partial charge in [0.15, 0.2) is 11.9 Å². The molecule has 0 saturated carbocycles. The Morgan fingerprint density at radius 1 is 1.29 bits per heavy atom. The molecular weight excluding hydrogens is 330 g/mol. The second-order valence-electron chi connectivity index (χ2n) is 6.31. The van der Waals surface area contributed by atoms with E-state index in [1.54, 1.807) is 30.3 Å². The third-order valence-electron chi connectivity index (χ3n) is 4.28. The summed E-state index contributed by atoms with van der Waals surface area (Å²) in [6.07, 6.45) is 1.37. The number of nitrogens with zero attached hydrogens (tertiary/aromatic N) is 2. The fourth-order valence-corrected chi connectivity index (χ4v) is 4.68. The number of hydroxylamine groups is 1. The van der Waals surface area contributed by atoms with Crippen molar-refractivity contribution in [1.29, 1.82) is 0 Å². The van der Waals surface area contributed by atoms with Crippen molar-refractivity contribution >= 4 is 21.8 Å². The number of amidine groups is 1. The maximum atomic E-state index is 12.9. The average Bonchev–Trinajstić information content (AvgIpc) is 3.06. The molecular formula is C16H21N3O4S. The Labute approximate surface area is 141 Å². The summed E-state index contributed by atoms with van der Waals surface area (Å²) in [6, 6.07) is 7.29. The molecule has 2 aliphatic heterocycles. The highest BCUT2D eigenvalue weighted by Crippen LogP contribution is 2.27. The van der Waals surface area contributed by atoms with E-state index in [1.807, 2.05) is 13.8 Å². The molecule has 3 rings (SSSR count). The third-order valence-corrected chi connectivity index (χ3v) is 6.20. The van der Waals surface area contributed by atoms with Crippen LogP contribution in [0.1, 0.15) is 26.7 Å². The van der Waals surface area contributed by atoms with E-state index in [9.17, 15) is 13.2 Å².